The van der Waals surface area contributed by atoms with E-state index in [9.17, 15) is 0 Å². The Morgan fingerprint density at radius 1 is 1.16 bits per heavy atom. The molecule has 102 valence electrons. The van der Waals surface area contributed by atoms with Crippen molar-refractivity contribution in [1.29, 1.82) is 0 Å². The molecule has 0 radical (unpaired) electrons. The summed E-state index contributed by atoms with van der Waals surface area (Å²) < 4.78 is 10.5. The molecule has 0 amide bonds. The Bertz CT molecular complexity index is 544. The van der Waals surface area contributed by atoms with E-state index in [1.807, 2.05) is 25.1 Å². The van der Waals surface area contributed by atoms with Crippen LogP contribution in [0.15, 0.2) is 18.2 Å². The second-order valence-electron chi connectivity index (χ2n) is 4.10. The Morgan fingerprint density at radius 3 is 2.32 bits per heavy atom. The number of aliphatic hydroxyl groups excluding tert-OH is 1. The molecule has 1 aromatic heterocycles. The summed E-state index contributed by atoms with van der Waals surface area (Å²) in [4.78, 5) is 5.66. The topological polar surface area (TPSA) is 51.6 Å². The van der Waals surface area contributed by atoms with Crippen LogP contribution in [0.4, 0.5) is 0 Å². The molecular formula is C14H17NO3S. The fraction of sp³-hybridized carbons (Fsp3) is 0.357. The number of nitrogens with zero attached hydrogens (tertiary/aromatic N) is 1. The lowest BCUT2D eigenvalue weighted by Crippen LogP contribution is -1.89. The summed E-state index contributed by atoms with van der Waals surface area (Å²) in [6.07, 6.45) is 0.643. The summed E-state index contributed by atoms with van der Waals surface area (Å²) in [7, 11) is 3.26. The number of methoxy groups -OCH3 is 2. The van der Waals surface area contributed by atoms with Crippen LogP contribution < -0.4 is 9.47 Å². The standard InChI is InChI=1S/C14H17NO3S/c1-9-13(4-5-16)19-14(15-9)10-6-11(17-2)8-12(7-10)18-3/h6-8,16H,4-5H2,1-3H3. The van der Waals surface area contributed by atoms with Gasteiger partial charge < -0.3 is 14.6 Å². The van der Waals surface area contributed by atoms with Gasteiger partial charge in [-0.25, -0.2) is 4.98 Å². The number of aliphatic hydroxyl groups is 1. The highest BCUT2D eigenvalue weighted by atomic mass is 32.1. The molecule has 0 saturated heterocycles. The molecule has 0 spiro atoms. The van der Waals surface area contributed by atoms with Gasteiger partial charge in [0.25, 0.3) is 0 Å². The van der Waals surface area contributed by atoms with Gasteiger partial charge in [-0.3, -0.25) is 0 Å². The molecule has 2 aromatic rings. The van der Waals surface area contributed by atoms with E-state index in [1.165, 1.54) is 0 Å². The van der Waals surface area contributed by atoms with Crippen molar-refractivity contribution in [2.75, 3.05) is 20.8 Å². The van der Waals surface area contributed by atoms with E-state index < -0.39 is 0 Å². The van der Waals surface area contributed by atoms with E-state index in [1.54, 1.807) is 25.6 Å². The zero-order chi connectivity index (χ0) is 13.8. The van der Waals surface area contributed by atoms with Crippen molar-refractivity contribution in [1.82, 2.24) is 4.98 Å². The normalized spacial score (nSPS) is 10.5. The number of rotatable bonds is 5. The summed E-state index contributed by atoms with van der Waals surface area (Å²) in [5.41, 5.74) is 1.93. The molecule has 0 saturated carbocycles. The molecule has 19 heavy (non-hydrogen) atoms. The highest BCUT2D eigenvalue weighted by Gasteiger charge is 2.11. The monoisotopic (exact) mass is 279 g/mol. The van der Waals surface area contributed by atoms with Crippen LogP contribution in [0.5, 0.6) is 11.5 Å². The number of benzene rings is 1. The van der Waals surface area contributed by atoms with E-state index in [4.69, 9.17) is 14.6 Å². The first kappa shape index (κ1) is 13.8. The van der Waals surface area contributed by atoms with Crippen molar-refractivity contribution in [2.24, 2.45) is 0 Å². The van der Waals surface area contributed by atoms with Gasteiger partial charge in [0.2, 0.25) is 0 Å². The number of ether oxygens (including phenoxy) is 2. The van der Waals surface area contributed by atoms with Crippen LogP contribution in [0.1, 0.15) is 10.6 Å². The molecule has 2 rings (SSSR count). The second kappa shape index (κ2) is 6.04. The molecule has 0 aliphatic heterocycles. The molecule has 5 heteroatoms. The van der Waals surface area contributed by atoms with E-state index in [0.29, 0.717) is 6.42 Å². The SMILES string of the molecule is COc1cc(OC)cc(-c2nc(C)c(CCO)s2)c1. The first-order valence-electron chi connectivity index (χ1n) is 5.98. The highest BCUT2D eigenvalue weighted by Crippen LogP contribution is 2.33. The Kier molecular flexibility index (Phi) is 4.39. The van der Waals surface area contributed by atoms with E-state index in [-0.39, 0.29) is 6.61 Å². The zero-order valence-corrected chi connectivity index (χ0v) is 12.1. The fourth-order valence-electron chi connectivity index (χ4n) is 1.82. The Hall–Kier alpha value is -1.59. The third kappa shape index (κ3) is 3.05. The molecule has 4 nitrogen and oxygen atoms in total. The van der Waals surface area contributed by atoms with Crippen LogP contribution in [0.3, 0.4) is 0 Å². The third-order valence-corrected chi connectivity index (χ3v) is 4.10. The maximum atomic E-state index is 9.03. The van der Waals surface area contributed by atoms with Crippen molar-refractivity contribution in [3.8, 4) is 22.1 Å². The second-order valence-corrected chi connectivity index (χ2v) is 5.19. The minimum atomic E-state index is 0.143. The minimum Gasteiger partial charge on any atom is -0.497 e. The zero-order valence-electron chi connectivity index (χ0n) is 11.3. The maximum Gasteiger partial charge on any atom is 0.124 e. The fourth-order valence-corrected chi connectivity index (χ4v) is 2.85. The molecule has 0 aliphatic carbocycles. The van der Waals surface area contributed by atoms with Gasteiger partial charge in [-0.15, -0.1) is 11.3 Å². The lowest BCUT2D eigenvalue weighted by Gasteiger charge is -2.06. The van der Waals surface area contributed by atoms with Crippen molar-refractivity contribution in [2.45, 2.75) is 13.3 Å². The van der Waals surface area contributed by atoms with Crippen LogP contribution in [-0.2, 0) is 6.42 Å². The van der Waals surface area contributed by atoms with Crippen LogP contribution in [-0.4, -0.2) is 30.9 Å². The summed E-state index contributed by atoms with van der Waals surface area (Å²) in [5.74, 6) is 1.48. The molecule has 0 unspecified atom stereocenters. The van der Waals surface area contributed by atoms with Gasteiger partial charge >= 0.3 is 0 Å². The van der Waals surface area contributed by atoms with Gasteiger partial charge in [-0.2, -0.15) is 0 Å². The number of thiazole rings is 1. The Balaban J connectivity index is 2.42. The van der Waals surface area contributed by atoms with Gasteiger partial charge in [0.15, 0.2) is 0 Å². The van der Waals surface area contributed by atoms with Crippen molar-refractivity contribution in [3.63, 3.8) is 0 Å². The van der Waals surface area contributed by atoms with E-state index >= 15 is 0 Å². The van der Waals surface area contributed by atoms with Gasteiger partial charge in [-0.05, 0) is 19.1 Å². The molecule has 1 aromatic carbocycles. The Labute approximate surface area is 116 Å². The van der Waals surface area contributed by atoms with Crippen molar-refractivity contribution >= 4 is 11.3 Å². The number of hydrogen-bond acceptors (Lipinski definition) is 5. The molecule has 0 atom stereocenters. The van der Waals surface area contributed by atoms with Crippen LogP contribution in [0, 0.1) is 6.92 Å². The predicted octanol–water partition coefficient (Wildman–Crippen LogP) is 2.67. The smallest absolute Gasteiger partial charge is 0.124 e. The molecule has 0 bridgehead atoms. The van der Waals surface area contributed by atoms with Gasteiger partial charge in [0, 0.05) is 29.5 Å². The molecule has 1 N–H and O–H groups in total. The van der Waals surface area contributed by atoms with Crippen molar-refractivity contribution in [3.05, 3.63) is 28.8 Å². The summed E-state index contributed by atoms with van der Waals surface area (Å²) in [6, 6.07) is 5.70. The minimum absolute atomic E-state index is 0.143. The van der Waals surface area contributed by atoms with E-state index in [0.717, 1.165) is 32.6 Å². The van der Waals surface area contributed by atoms with Crippen LogP contribution >= 0.6 is 11.3 Å². The average molecular weight is 279 g/mol. The van der Waals surface area contributed by atoms with Gasteiger partial charge in [0.05, 0.1) is 19.9 Å². The molecule has 1 heterocycles. The highest BCUT2D eigenvalue weighted by molar-refractivity contribution is 7.15. The average Bonchev–Trinajstić information content (AvgIpc) is 2.80. The first-order chi connectivity index (χ1) is 9.17. The lowest BCUT2D eigenvalue weighted by molar-refractivity contribution is 0.300. The molecule has 0 aliphatic rings. The van der Waals surface area contributed by atoms with Crippen LogP contribution in [0.2, 0.25) is 0 Å². The number of aryl methyl sites for hydroxylation is 1. The summed E-state index contributed by atoms with van der Waals surface area (Å²) >= 11 is 1.59. The Morgan fingerprint density at radius 2 is 1.79 bits per heavy atom. The van der Waals surface area contributed by atoms with Crippen LogP contribution in [0.25, 0.3) is 10.6 Å². The number of hydrogen-bond donors (Lipinski definition) is 1. The first-order valence-corrected chi connectivity index (χ1v) is 6.80. The lowest BCUT2D eigenvalue weighted by atomic mass is 10.2. The third-order valence-electron chi connectivity index (χ3n) is 2.83. The summed E-state index contributed by atoms with van der Waals surface area (Å²) in [6.45, 7) is 2.10. The largest absolute Gasteiger partial charge is 0.497 e. The van der Waals surface area contributed by atoms with Gasteiger partial charge in [0.1, 0.15) is 16.5 Å². The molecular weight excluding hydrogens is 262 g/mol. The van der Waals surface area contributed by atoms with E-state index in [2.05, 4.69) is 4.98 Å². The number of aromatic nitrogens is 1. The van der Waals surface area contributed by atoms with Gasteiger partial charge in [-0.1, -0.05) is 0 Å². The predicted molar refractivity (Wildman–Crippen MR) is 76.2 cm³/mol. The molecule has 0 fully saturated rings. The van der Waals surface area contributed by atoms with Crippen molar-refractivity contribution < 1.29 is 14.6 Å². The summed E-state index contributed by atoms with van der Waals surface area (Å²) in [5, 5.41) is 9.94. The maximum absolute atomic E-state index is 9.03. The quantitative estimate of drug-likeness (QED) is 0.914.